The minimum atomic E-state index is -0.379. The Morgan fingerprint density at radius 3 is 2.64 bits per heavy atom. The zero-order valence-corrected chi connectivity index (χ0v) is 9.07. The van der Waals surface area contributed by atoms with Crippen molar-refractivity contribution in [2.24, 2.45) is 23.7 Å². The molecular formula is C12H20O2. The highest BCUT2D eigenvalue weighted by atomic mass is 16.3. The topological polar surface area (TPSA) is 37.3 Å². The molecule has 2 heteroatoms. The van der Waals surface area contributed by atoms with Crippen LogP contribution in [0.2, 0.25) is 0 Å². The minimum Gasteiger partial charge on any atom is -0.393 e. The largest absolute Gasteiger partial charge is 0.393 e. The van der Waals surface area contributed by atoms with Gasteiger partial charge in [0.15, 0.2) is 0 Å². The van der Waals surface area contributed by atoms with Crippen LogP contribution >= 0.6 is 0 Å². The van der Waals surface area contributed by atoms with Crippen molar-refractivity contribution in [2.45, 2.75) is 45.6 Å². The maximum atomic E-state index is 11.9. The first-order valence-corrected chi connectivity index (χ1v) is 5.80. The van der Waals surface area contributed by atoms with Gasteiger partial charge in [0.1, 0.15) is 5.78 Å². The van der Waals surface area contributed by atoms with Gasteiger partial charge in [-0.2, -0.15) is 0 Å². The molecule has 80 valence electrons. The van der Waals surface area contributed by atoms with Crippen molar-refractivity contribution in [1.82, 2.24) is 0 Å². The van der Waals surface area contributed by atoms with Gasteiger partial charge in [-0.1, -0.05) is 13.8 Å². The number of ketones is 1. The molecular weight excluding hydrogens is 176 g/mol. The van der Waals surface area contributed by atoms with Gasteiger partial charge in [-0.15, -0.1) is 0 Å². The van der Waals surface area contributed by atoms with Gasteiger partial charge in [0.05, 0.1) is 6.10 Å². The van der Waals surface area contributed by atoms with Crippen molar-refractivity contribution in [3.05, 3.63) is 0 Å². The molecule has 0 radical (unpaired) electrons. The van der Waals surface area contributed by atoms with Crippen molar-refractivity contribution in [2.75, 3.05) is 0 Å². The highest BCUT2D eigenvalue weighted by Gasteiger charge is 2.43. The number of rotatable bonds is 0. The summed E-state index contributed by atoms with van der Waals surface area (Å²) in [7, 11) is 0. The lowest BCUT2D eigenvalue weighted by Crippen LogP contribution is -2.24. The van der Waals surface area contributed by atoms with Crippen molar-refractivity contribution in [3.63, 3.8) is 0 Å². The summed E-state index contributed by atoms with van der Waals surface area (Å²) in [6.07, 6.45) is 3.22. The van der Waals surface area contributed by atoms with Gasteiger partial charge in [-0.3, -0.25) is 4.79 Å². The maximum absolute atomic E-state index is 11.9. The number of hydrogen-bond donors (Lipinski definition) is 1. The number of aliphatic hydroxyl groups excluding tert-OH is 1. The first-order chi connectivity index (χ1) is 6.59. The Balaban J connectivity index is 2.21. The smallest absolute Gasteiger partial charge is 0.139 e. The van der Waals surface area contributed by atoms with Gasteiger partial charge in [-0.25, -0.2) is 0 Å². The fourth-order valence-corrected chi connectivity index (χ4v) is 3.49. The summed E-state index contributed by atoms with van der Waals surface area (Å²) in [6.45, 7) is 4.38. The molecule has 2 fully saturated rings. The van der Waals surface area contributed by atoms with Crippen molar-refractivity contribution < 1.29 is 9.90 Å². The van der Waals surface area contributed by atoms with Crippen LogP contribution in [0.15, 0.2) is 0 Å². The number of hydrogen-bond acceptors (Lipinski definition) is 2. The second-order valence-corrected chi connectivity index (χ2v) is 5.28. The summed E-state index contributed by atoms with van der Waals surface area (Å²) in [5, 5.41) is 9.65. The maximum Gasteiger partial charge on any atom is 0.139 e. The standard InChI is InChI=1S/C12H20O2/c1-7-3-4-10-8(2)5-9(13)6-11(14)12(7)10/h7-10,12-13H,3-6H2,1-2H3/t7-,8-,9-,10-,12-/m0/s1. The second-order valence-electron chi connectivity index (χ2n) is 5.28. The Labute approximate surface area is 85.7 Å². The lowest BCUT2D eigenvalue weighted by molar-refractivity contribution is -0.126. The third-order valence-corrected chi connectivity index (χ3v) is 4.21. The summed E-state index contributed by atoms with van der Waals surface area (Å²) in [5.41, 5.74) is 0. The molecule has 0 heterocycles. The number of fused-ring (bicyclic) bond motifs is 1. The normalized spacial score (nSPS) is 48.8. The Morgan fingerprint density at radius 1 is 1.21 bits per heavy atom. The van der Waals surface area contributed by atoms with Crippen LogP contribution in [0.4, 0.5) is 0 Å². The first-order valence-electron chi connectivity index (χ1n) is 5.80. The average molecular weight is 196 g/mol. The van der Waals surface area contributed by atoms with Crippen molar-refractivity contribution in [3.8, 4) is 0 Å². The Kier molecular flexibility index (Phi) is 2.65. The summed E-state index contributed by atoms with van der Waals surface area (Å²) in [5.74, 6) is 2.18. The van der Waals surface area contributed by atoms with Crippen LogP contribution in [0, 0.1) is 23.7 Å². The minimum absolute atomic E-state index is 0.252. The third-order valence-electron chi connectivity index (χ3n) is 4.21. The van der Waals surface area contributed by atoms with E-state index < -0.39 is 0 Å². The fraction of sp³-hybridized carbons (Fsp3) is 0.917. The third kappa shape index (κ3) is 1.60. The SMILES string of the molecule is C[C@H]1C[C@H](O)CC(=O)[C@@H]2[C@H]1CC[C@@H]2C. The molecule has 0 spiro atoms. The molecule has 0 saturated heterocycles. The van der Waals surface area contributed by atoms with E-state index in [1.807, 2.05) is 0 Å². The molecule has 0 aliphatic heterocycles. The molecule has 0 aromatic heterocycles. The number of carbonyl (C=O) groups excluding carboxylic acids is 1. The molecule has 2 saturated carbocycles. The van der Waals surface area contributed by atoms with E-state index >= 15 is 0 Å². The summed E-state index contributed by atoms with van der Waals surface area (Å²) in [6, 6.07) is 0. The van der Waals surface area contributed by atoms with E-state index in [0.717, 1.165) is 6.42 Å². The predicted molar refractivity (Wildman–Crippen MR) is 54.8 cm³/mol. The molecule has 0 amide bonds. The van der Waals surface area contributed by atoms with Crippen LogP contribution in [0.5, 0.6) is 0 Å². The molecule has 0 aromatic rings. The van der Waals surface area contributed by atoms with Gasteiger partial charge in [0.2, 0.25) is 0 Å². The molecule has 2 rings (SSSR count). The zero-order chi connectivity index (χ0) is 10.3. The highest BCUT2D eigenvalue weighted by molar-refractivity contribution is 5.82. The first kappa shape index (κ1) is 10.2. The lowest BCUT2D eigenvalue weighted by atomic mass is 9.81. The summed E-state index contributed by atoms with van der Waals surface area (Å²) in [4.78, 5) is 11.9. The van der Waals surface area contributed by atoms with Gasteiger partial charge >= 0.3 is 0 Å². The van der Waals surface area contributed by atoms with E-state index in [2.05, 4.69) is 13.8 Å². The van der Waals surface area contributed by atoms with Crippen molar-refractivity contribution >= 4 is 5.78 Å². The summed E-state index contributed by atoms with van der Waals surface area (Å²) >= 11 is 0. The van der Waals surface area contributed by atoms with Gasteiger partial charge in [-0.05, 0) is 37.0 Å². The molecule has 0 aromatic carbocycles. The van der Waals surface area contributed by atoms with E-state index in [9.17, 15) is 9.90 Å². The number of aliphatic hydroxyl groups is 1. The predicted octanol–water partition coefficient (Wildman–Crippen LogP) is 2.01. The fourth-order valence-electron chi connectivity index (χ4n) is 3.49. The molecule has 0 unspecified atom stereocenters. The lowest BCUT2D eigenvalue weighted by Gasteiger charge is -2.23. The van der Waals surface area contributed by atoms with E-state index in [-0.39, 0.29) is 12.0 Å². The van der Waals surface area contributed by atoms with Gasteiger partial charge < -0.3 is 5.11 Å². The molecule has 0 bridgehead atoms. The average Bonchev–Trinajstić information content (AvgIpc) is 2.41. The van der Waals surface area contributed by atoms with E-state index in [4.69, 9.17) is 0 Å². The van der Waals surface area contributed by atoms with E-state index in [1.54, 1.807) is 0 Å². The number of Topliss-reactive ketones (excluding diaryl/α,β-unsaturated/α-hetero) is 1. The van der Waals surface area contributed by atoms with Crippen molar-refractivity contribution in [1.29, 1.82) is 0 Å². The van der Waals surface area contributed by atoms with Crippen LogP contribution in [-0.2, 0) is 4.79 Å². The van der Waals surface area contributed by atoms with Gasteiger partial charge in [0.25, 0.3) is 0 Å². The molecule has 2 aliphatic rings. The molecule has 1 N–H and O–H groups in total. The molecule has 2 nitrogen and oxygen atoms in total. The van der Waals surface area contributed by atoms with Crippen LogP contribution < -0.4 is 0 Å². The summed E-state index contributed by atoms with van der Waals surface area (Å²) < 4.78 is 0. The van der Waals surface area contributed by atoms with E-state index in [0.29, 0.717) is 30.0 Å². The Hall–Kier alpha value is -0.370. The molecule has 14 heavy (non-hydrogen) atoms. The zero-order valence-electron chi connectivity index (χ0n) is 9.07. The van der Waals surface area contributed by atoms with Crippen LogP contribution in [0.1, 0.15) is 39.5 Å². The Morgan fingerprint density at radius 2 is 1.93 bits per heavy atom. The quantitative estimate of drug-likeness (QED) is 0.643. The number of carbonyl (C=O) groups is 1. The highest BCUT2D eigenvalue weighted by Crippen LogP contribution is 2.45. The van der Waals surface area contributed by atoms with Crippen LogP contribution in [-0.4, -0.2) is 17.0 Å². The second kappa shape index (κ2) is 3.65. The van der Waals surface area contributed by atoms with Crippen LogP contribution in [0.3, 0.4) is 0 Å². The monoisotopic (exact) mass is 196 g/mol. The van der Waals surface area contributed by atoms with Gasteiger partial charge in [0, 0.05) is 12.3 Å². The van der Waals surface area contributed by atoms with Crippen LogP contribution in [0.25, 0.3) is 0 Å². The molecule has 2 aliphatic carbocycles. The van der Waals surface area contributed by atoms with E-state index in [1.165, 1.54) is 12.8 Å². The molecule has 5 atom stereocenters. The Bertz CT molecular complexity index is 236.